The summed E-state index contributed by atoms with van der Waals surface area (Å²) >= 11 is 0. The molecule has 6 aromatic heterocycles. The maximum Gasteiger partial charge on any atom is 0.0726 e. The molecular weight excluding hydrogens is 855 g/mol. The number of aryl methyl sites for hydroxylation is 1. The Morgan fingerprint density at radius 3 is 1.61 bits per heavy atom. The molecule has 0 atom stereocenters. The smallest absolute Gasteiger partial charge is 0.0726 e. The Morgan fingerprint density at radius 2 is 0.899 bits per heavy atom. The van der Waals surface area contributed by atoms with E-state index in [1.807, 2.05) is 178 Å². The van der Waals surface area contributed by atoms with Crippen molar-refractivity contribution >= 4 is 105 Å². The van der Waals surface area contributed by atoms with Gasteiger partial charge >= 0.3 is 0 Å². The summed E-state index contributed by atoms with van der Waals surface area (Å²) in [6.45, 7) is 2.02. The average molecular weight is 908 g/mol. The first-order valence-corrected chi connectivity index (χ1v) is 21.8. The largest absolute Gasteiger partial charge is 0.399 e. The predicted octanol–water partition coefficient (Wildman–Crippen LogP) is 11.3. The normalized spacial score (nSPS) is 10.2. The highest BCUT2D eigenvalue weighted by Crippen LogP contribution is 2.30. The van der Waals surface area contributed by atoms with Crippen LogP contribution in [0.25, 0.3) is 64.8 Å². The molecule has 342 valence electrons. The summed E-state index contributed by atoms with van der Waals surface area (Å²) < 4.78 is 0. The first-order valence-electron chi connectivity index (χ1n) is 21.8. The van der Waals surface area contributed by atoms with E-state index in [2.05, 4.69) is 35.2 Å². The maximum atomic E-state index is 6.03. The Kier molecular flexibility index (Phi) is 15.8. The molecule has 12 rings (SSSR count). The van der Waals surface area contributed by atoms with Gasteiger partial charge in [0.25, 0.3) is 0 Å². The molecule has 0 bridgehead atoms. The van der Waals surface area contributed by atoms with Crippen molar-refractivity contribution in [2.45, 2.75) is 6.92 Å². The van der Waals surface area contributed by atoms with Gasteiger partial charge in [0.15, 0.2) is 0 Å². The van der Waals surface area contributed by atoms with Crippen LogP contribution in [-0.2, 0) is 0 Å². The van der Waals surface area contributed by atoms with E-state index in [1.54, 1.807) is 43.4 Å². The molecule has 0 aliphatic carbocycles. The SMILES string of the molecule is CNc1c(C)cc2ncccc2c1N.Nc1ccc2ccncc2c1.Nc1ccc2cnccc2c1.Nc1cccc2ccncc12.Nc1cccc2cnccc12.Nc1cncc2ccccc12. The fourth-order valence-electron chi connectivity index (χ4n) is 7.35. The number of hydrogen-bond acceptors (Lipinski definition) is 13. The molecule has 12 aromatic rings. The highest BCUT2D eigenvalue weighted by molar-refractivity contribution is 5.98. The molecule has 6 heterocycles. The molecule has 13 heteroatoms. The van der Waals surface area contributed by atoms with Crippen molar-refractivity contribution in [1.29, 1.82) is 0 Å². The van der Waals surface area contributed by atoms with Crippen LogP contribution in [0.4, 0.5) is 39.8 Å². The van der Waals surface area contributed by atoms with Gasteiger partial charge in [-0.05, 0) is 108 Å². The number of hydrogen-bond donors (Lipinski definition) is 7. The molecule has 13 N–H and O–H groups in total. The van der Waals surface area contributed by atoms with Crippen molar-refractivity contribution in [2.75, 3.05) is 46.8 Å². The monoisotopic (exact) mass is 907 g/mol. The van der Waals surface area contributed by atoms with Gasteiger partial charge in [0.1, 0.15) is 0 Å². The van der Waals surface area contributed by atoms with Crippen molar-refractivity contribution in [3.05, 3.63) is 213 Å². The summed E-state index contributed by atoms with van der Waals surface area (Å²) in [6, 6.07) is 44.9. The van der Waals surface area contributed by atoms with Crippen LogP contribution in [0.15, 0.2) is 208 Å². The number of rotatable bonds is 1. The lowest BCUT2D eigenvalue weighted by Crippen LogP contribution is -1.99. The van der Waals surface area contributed by atoms with Crippen molar-refractivity contribution in [3.63, 3.8) is 0 Å². The van der Waals surface area contributed by atoms with Crippen LogP contribution in [0, 0.1) is 6.92 Å². The summed E-state index contributed by atoms with van der Waals surface area (Å²) in [6.07, 6.45) is 19.5. The Labute approximate surface area is 399 Å². The number of nitrogens with zero attached hydrogens (tertiary/aromatic N) is 6. The molecule has 0 saturated carbocycles. The third-order valence-corrected chi connectivity index (χ3v) is 10.9. The van der Waals surface area contributed by atoms with Crippen molar-refractivity contribution < 1.29 is 0 Å². The fourth-order valence-corrected chi connectivity index (χ4v) is 7.35. The Bertz CT molecular complexity index is 3330. The van der Waals surface area contributed by atoms with Gasteiger partial charge in [-0.15, -0.1) is 0 Å². The second-order valence-electron chi connectivity index (χ2n) is 15.6. The van der Waals surface area contributed by atoms with Crippen LogP contribution >= 0.6 is 0 Å². The third kappa shape index (κ3) is 12.4. The first-order chi connectivity index (χ1) is 33.6. The summed E-state index contributed by atoms with van der Waals surface area (Å²) in [5.74, 6) is 0. The van der Waals surface area contributed by atoms with E-state index >= 15 is 0 Å². The Hall–Kier alpha value is -9.62. The van der Waals surface area contributed by atoms with E-state index in [0.29, 0.717) is 0 Å². The van der Waals surface area contributed by atoms with Gasteiger partial charge in [0, 0.05) is 135 Å². The van der Waals surface area contributed by atoms with Crippen molar-refractivity contribution in [2.24, 2.45) is 0 Å². The molecule has 0 unspecified atom stereocenters. The molecule has 0 fully saturated rings. The minimum Gasteiger partial charge on any atom is -0.399 e. The van der Waals surface area contributed by atoms with Crippen LogP contribution in [0.2, 0.25) is 0 Å². The number of pyridine rings is 6. The van der Waals surface area contributed by atoms with Crippen molar-refractivity contribution in [3.8, 4) is 0 Å². The summed E-state index contributed by atoms with van der Waals surface area (Å²) in [5, 5.41) is 15.1. The predicted molar refractivity (Wildman–Crippen MR) is 291 cm³/mol. The summed E-state index contributed by atoms with van der Waals surface area (Å²) in [4.78, 5) is 24.3. The molecule has 0 aliphatic rings. The molecule has 13 nitrogen and oxygen atoms in total. The zero-order chi connectivity index (χ0) is 48.5. The standard InChI is InChI=1S/C11H13N3.5C9H8N2/c1-7-6-9-8(4-3-5-14-9)10(12)11(7)13-2;10-9-2-1-8-6-11-4-3-7(8)5-9;10-9-2-1-7-3-4-11-6-8(7)5-9;10-9-3-1-2-7-6-11-5-4-8(7)9;10-9-3-1-2-7-4-5-11-6-8(7)9;10-9-6-11-5-7-3-1-2-4-8(7)9/h3-6,13H,12H2,1-2H3;5*1-6H,10H2. The van der Waals surface area contributed by atoms with Crippen LogP contribution < -0.4 is 39.7 Å². The van der Waals surface area contributed by atoms with Gasteiger partial charge in [-0.1, -0.05) is 60.7 Å². The second-order valence-corrected chi connectivity index (χ2v) is 15.6. The maximum absolute atomic E-state index is 6.03. The number of nitrogens with two attached hydrogens (primary N) is 6. The van der Waals surface area contributed by atoms with Gasteiger partial charge < -0.3 is 39.7 Å². The summed E-state index contributed by atoms with van der Waals surface area (Å²) in [7, 11) is 1.88. The van der Waals surface area contributed by atoms with Gasteiger partial charge in [0.2, 0.25) is 0 Å². The molecule has 0 radical (unpaired) electrons. The van der Waals surface area contributed by atoms with E-state index in [-0.39, 0.29) is 0 Å². The van der Waals surface area contributed by atoms with Gasteiger partial charge in [0.05, 0.1) is 28.8 Å². The zero-order valence-electron chi connectivity index (χ0n) is 38.3. The number of anilines is 7. The van der Waals surface area contributed by atoms with Gasteiger partial charge in [-0.2, -0.15) is 0 Å². The van der Waals surface area contributed by atoms with Crippen LogP contribution in [-0.4, -0.2) is 37.0 Å². The van der Waals surface area contributed by atoms with E-state index in [4.69, 9.17) is 34.4 Å². The molecule has 0 aliphatic heterocycles. The molecule has 6 aromatic carbocycles. The van der Waals surface area contributed by atoms with Crippen LogP contribution in [0.5, 0.6) is 0 Å². The fraction of sp³-hybridized carbons (Fsp3) is 0.0357. The van der Waals surface area contributed by atoms with E-state index in [1.165, 1.54) is 5.39 Å². The number of aromatic nitrogens is 6. The van der Waals surface area contributed by atoms with E-state index in [0.717, 1.165) is 105 Å². The van der Waals surface area contributed by atoms with Crippen molar-refractivity contribution in [1.82, 2.24) is 29.9 Å². The number of fused-ring (bicyclic) bond motifs is 6. The lowest BCUT2D eigenvalue weighted by atomic mass is 10.1. The van der Waals surface area contributed by atoms with E-state index in [9.17, 15) is 0 Å². The summed E-state index contributed by atoms with van der Waals surface area (Å²) in [5.41, 5.74) is 42.1. The van der Waals surface area contributed by atoms with Crippen LogP contribution in [0.1, 0.15) is 5.56 Å². The molecule has 0 amide bonds. The quantitative estimate of drug-likeness (QED) is 0.0759. The van der Waals surface area contributed by atoms with Gasteiger partial charge in [-0.3, -0.25) is 29.9 Å². The first kappa shape index (κ1) is 47.3. The number of nitrogens with one attached hydrogen (secondary N) is 1. The minimum atomic E-state index is 0.739. The third-order valence-electron chi connectivity index (χ3n) is 10.9. The molecular formula is C56H53N13. The van der Waals surface area contributed by atoms with Crippen LogP contribution in [0.3, 0.4) is 0 Å². The number of nitrogen functional groups attached to an aromatic ring is 6. The zero-order valence-corrected chi connectivity index (χ0v) is 38.3. The lowest BCUT2D eigenvalue weighted by Gasteiger charge is -2.11. The highest BCUT2D eigenvalue weighted by Gasteiger charge is 2.07. The topological polar surface area (TPSA) is 245 Å². The molecule has 69 heavy (non-hydrogen) atoms. The molecule has 0 spiro atoms. The highest BCUT2D eigenvalue weighted by atomic mass is 14.9. The number of benzene rings is 6. The second kappa shape index (κ2) is 23.0. The van der Waals surface area contributed by atoms with Gasteiger partial charge in [-0.25, -0.2) is 0 Å². The Morgan fingerprint density at radius 1 is 0.362 bits per heavy atom. The van der Waals surface area contributed by atoms with E-state index < -0.39 is 0 Å². The Balaban J connectivity index is 0.000000123. The lowest BCUT2D eigenvalue weighted by molar-refractivity contribution is 1.36. The average Bonchev–Trinajstić information content (AvgIpc) is 3.38. The minimum absolute atomic E-state index is 0.739. The molecule has 0 saturated heterocycles.